The van der Waals surface area contributed by atoms with Crippen molar-refractivity contribution >= 4 is 11.8 Å². The third kappa shape index (κ3) is 3.94. The maximum absolute atomic E-state index is 14.2. The van der Waals surface area contributed by atoms with Gasteiger partial charge in [-0.1, -0.05) is 43.5 Å². The summed E-state index contributed by atoms with van der Waals surface area (Å²) in [6.07, 6.45) is 6.30. The molecule has 0 bridgehead atoms. The monoisotopic (exact) mass is 452 g/mol. The second kappa shape index (κ2) is 8.54. The molecule has 1 aliphatic carbocycles. The van der Waals surface area contributed by atoms with Gasteiger partial charge >= 0.3 is 0 Å². The van der Waals surface area contributed by atoms with E-state index in [4.69, 9.17) is 0 Å². The van der Waals surface area contributed by atoms with Gasteiger partial charge in [-0.3, -0.25) is 9.59 Å². The minimum atomic E-state index is -0.666. The Morgan fingerprint density at radius 1 is 0.939 bits per heavy atom. The Morgan fingerprint density at radius 3 is 2.39 bits per heavy atom. The number of nitrogens with zero attached hydrogens (tertiary/aromatic N) is 1. The second-order valence-corrected chi connectivity index (χ2v) is 10.0. The summed E-state index contributed by atoms with van der Waals surface area (Å²) in [5.41, 5.74) is 0.411. The zero-order chi connectivity index (χ0) is 23.1. The number of likely N-dealkylation sites (tertiary alicyclic amines) is 1. The lowest BCUT2D eigenvalue weighted by Gasteiger charge is -2.36. The van der Waals surface area contributed by atoms with Gasteiger partial charge in [-0.15, -0.1) is 0 Å². The van der Waals surface area contributed by atoms with Gasteiger partial charge in [0.1, 0.15) is 11.6 Å². The number of rotatable bonds is 3. The molecule has 2 aromatic rings. The van der Waals surface area contributed by atoms with E-state index in [2.05, 4.69) is 5.32 Å². The van der Waals surface area contributed by atoms with Crippen LogP contribution in [0.2, 0.25) is 0 Å². The van der Waals surface area contributed by atoms with Crippen molar-refractivity contribution in [3.05, 3.63) is 71.3 Å². The zero-order valence-electron chi connectivity index (χ0n) is 18.8. The van der Waals surface area contributed by atoms with E-state index in [-0.39, 0.29) is 29.4 Å². The fraction of sp³-hybridized carbons (Fsp3) is 0.481. The fourth-order valence-electron chi connectivity index (χ4n) is 6.40. The van der Waals surface area contributed by atoms with Crippen LogP contribution in [0.15, 0.2) is 48.5 Å². The lowest BCUT2D eigenvalue weighted by molar-refractivity contribution is -0.137. The Balaban J connectivity index is 1.52. The number of halogens is 2. The van der Waals surface area contributed by atoms with Gasteiger partial charge in [-0.2, -0.15) is 0 Å². The van der Waals surface area contributed by atoms with Crippen molar-refractivity contribution in [1.82, 2.24) is 10.2 Å². The van der Waals surface area contributed by atoms with Gasteiger partial charge in [0, 0.05) is 25.4 Å². The number of hydrogen-bond acceptors (Lipinski definition) is 2. The first kappa shape index (κ1) is 22.1. The summed E-state index contributed by atoms with van der Waals surface area (Å²) in [7, 11) is 0. The van der Waals surface area contributed by atoms with E-state index in [9.17, 15) is 18.4 Å². The lowest BCUT2D eigenvalue weighted by atomic mass is 9.77. The number of amides is 2. The molecule has 2 atom stereocenters. The third-order valence-corrected chi connectivity index (χ3v) is 8.01. The van der Waals surface area contributed by atoms with E-state index in [0.29, 0.717) is 19.5 Å². The number of carbonyl (C=O) groups excluding carboxylic acids is 2. The highest BCUT2D eigenvalue weighted by molar-refractivity contribution is 5.89. The van der Waals surface area contributed by atoms with Gasteiger partial charge in [-0.05, 0) is 61.1 Å². The molecule has 33 heavy (non-hydrogen) atoms. The van der Waals surface area contributed by atoms with Crippen LogP contribution in [-0.2, 0) is 15.0 Å². The Labute approximate surface area is 193 Å². The van der Waals surface area contributed by atoms with Crippen molar-refractivity contribution in [1.29, 1.82) is 0 Å². The number of benzene rings is 2. The Morgan fingerprint density at radius 2 is 1.67 bits per heavy atom. The quantitative estimate of drug-likeness (QED) is 0.725. The Bertz CT molecular complexity index is 1050. The van der Waals surface area contributed by atoms with Crippen LogP contribution in [0.1, 0.15) is 68.4 Å². The van der Waals surface area contributed by atoms with Gasteiger partial charge in [-0.25, -0.2) is 8.78 Å². The van der Waals surface area contributed by atoms with Crippen molar-refractivity contribution < 1.29 is 18.4 Å². The molecule has 0 radical (unpaired) electrons. The average Bonchev–Trinajstić information content (AvgIpc) is 3.38. The van der Waals surface area contributed by atoms with E-state index < -0.39 is 11.0 Å². The van der Waals surface area contributed by atoms with Gasteiger partial charge in [0.05, 0.1) is 11.0 Å². The minimum absolute atomic E-state index is 0.00248. The van der Waals surface area contributed by atoms with Crippen LogP contribution in [0.4, 0.5) is 8.78 Å². The molecule has 2 aliphatic heterocycles. The molecule has 4 nitrogen and oxygen atoms in total. The molecule has 1 saturated carbocycles. The van der Waals surface area contributed by atoms with Gasteiger partial charge < -0.3 is 10.2 Å². The predicted octanol–water partition coefficient (Wildman–Crippen LogP) is 4.83. The third-order valence-electron chi connectivity index (χ3n) is 8.01. The van der Waals surface area contributed by atoms with Crippen molar-refractivity contribution in [2.24, 2.45) is 0 Å². The molecule has 3 fully saturated rings. The van der Waals surface area contributed by atoms with E-state index in [1.807, 2.05) is 11.0 Å². The molecule has 0 aromatic heterocycles. The number of hydrogen-bond donors (Lipinski definition) is 1. The number of carbonyl (C=O) groups is 2. The number of nitrogens with one attached hydrogen (secondary N) is 1. The summed E-state index contributed by atoms with van der Waals surface area (Å²) < 4.78 is 27.8. The summed E-state index contributed by atoms with van der Waals surface area (Å²) >= 11 is 0. The highest BCUT2D eigenvalue weighted by atomic mass is 19.1. The second-order valence-electron chi connectivity index (χ2n) is 10.0. The molecular weight excluding hydrogens is 422 g/mol. The van der Waals surface area contributed by atoms with E-state index >= 15 is 0 Å². The molecule has 2 aromatic carbocycles. The molecule has 1 spiro atoms. The predicted molar refractivity (Wildman–Crippen MR) is 122 cm³/mol. The van der Waals surface area contributed by atoms with Crippen molar-refractivity contribution in [2.75, 3.05) is 13.1 Å². The maximum Gasteiger partial charge on any atom is 0.233 e. The normalized spacial score (nSPS) is 26.9. The molecule has 6 heteroatoms. The van der Waals surface area contributed by atoms with Crippen molar-refractivity contribution in [3.63, 3.8) is 0 Å². The van der Waals surface area contributed by atoms with Crippen molar-refractivity contribution in [3.8, 4) is 0 Å². The van der Waals surface area contributed by atoms with Crippen LogP contribution in [-0.4, -0.2) is 35.3 Å². The first-order valence-corrected chi connectivity index (χ1v) is 12.0. The summed E-state index contributed by atoms with van der Waals surface area (Å²) in [6.45, 7) is 0.854. The average molecular weight is 453 g/mol. The summed E-state index contributed by atoms with van der Waals surface area (Å²) in [6, 6.07) is 12.9. The molecule has 2 heterocycles. The molecule has 2 amide bonds. The first-order valence-electron chi connectivity index (χ1n) is 12.0. The highest BCUT2D eigenvalue weighted by Gasteiger charge is 2.54. The lowest BCUT2D eigenvalue weighted by Crippen LogP contribution is -2.53. The SMILES string of the molecule is O=C1CCCC[C@]2(CN(C(=O)C3(c4ccc(F)cc4)CCCC3)C[C@H]2c2cccc(F)c2)N1. The molecular formula is C27H30F2N2O2. The molecule has 0 unspecified atom stereocenters. The van der Waals surface area contributed by atoms with Crippen LogP contribution in [0.3, 0.4) is 0 Å². The van der Waals surface area contributed by atoms with Gasteiger partial charge in [0.25, 0.3) is 0 Å². The fourth-order valence-corrected chi connectivity index (χ4v) is 6.40. The minimum Gasteiger partial charge on any atom is -0.348 e. The smallest absolute Gasteiger partial charge is 0.233 e. The van der Waals surface area contributed by atoms with Crippen molar-refractivity contribution in [2.45, 2.75) is 68.2 Å². The topological polar surface area (TPSA) is 49.4 Å². The molecule has 174 valence electrons. The standard InChI is InChI=1S/C27H30F2N2O2/c28-21-11-9-20(10-12-21)26(13-3-4-14-26)25(33)31-17-23(19-6-5-7-22(29)16-19)27(18-31)15-2-1-8-24(32)30-27/h5-7,9-12,16,23H,1-4,8,13-15,17-18H2,(H,30,32)/t23-,27+/m0/s1. The molecule has 2 saturated heterocycles. The molecule has 1 N–H and O–H groups in total. The van der Waals surface area contributed by atoms with E-state index in [1.54, 1.807) is 18.2 Å². The zero-order valence-corrected chi connectivity index (χ0v) is 18.8. The summed E-state index contributed by atoms with van der Waals surface area (Å²) in [5.74, 6) is -0.760. The molecule has 3 aliphatic rings. The van der Waals surface area contributed by atoms with Crippen LogP contribution in [0.5, 0.6) is 0 Å². The Kier molecular flexibility index (Phi) is 5.71. The maximum atomic E-state index is 14.2. The van der Waals surface area contributed by atoms with Gasteiger partial charge in [0.2, 0.25) is 11.8 Å². The van der Waals surface area contributed by atoms with Crippen LogP contribution < -0.4 is 5.32 Å². The van der Waals surface area contributed by atoms with Crippen LogP contribution in [0, 0.1) is 11.6 Å². The summed E-state index contributed by atoms with van der Waals surface area (Å²) in [5, 5.41) is 3.25. The van der Waals surface area contributed by atoms with Gasteiger partial charge in [0.15, 0.2) is 0 Å². The molecule has 5 rings (SSSR count). The van der Waals surface area contributed by atoms with Crippen LogP contribution in [0.25, 0.3) is 0 Å². The Hall–Kier alpha value is -2.76. The summed E-state index contributed by atoms with van der Waals surface area (Å²) in [4.78, 5) is 28.6. The largest absolute Gasteiger partial charge is 0.348 e. The first-order chi connectivity index (χ1) is 15.9. The van der Waals surface area contributed by atoms with Crippen LogP contribution >= 0.6 is 0 Å². The van der Waals surface area contributed by atoms with E-state index in [1.165, 1.54) is 24.3 Å². The van der Waals surface area contributed by atoms with E-state index in [0.717, 1.165) is 56.1 Å². The highest BCUT2D eigenvalue weighted by Crippen LogP contribution is 2.47.